The van der Waals surface area contributed by atoms with Crippen LogP contribution in [0.25, 0.3) is 0 Å². The Labute approximate surface area is 113 Å². The predicted molar refractivity (Wildman–Crippen MR) is 71.7 cm³/mol. The van der Waals surface area contributed by atoms with E-state index in [1.165, 1.54) is 11.1 Å². The lowest BCUT2D eigenvalue weighted by Gasteiger charge is -2.46. The molecule has 2 fully saturated rings. The summed E-state index contributed by atoms with van der Waals surface area (Å²) < 4.78 is 5.46. The summed E-state index contributed by atoms with van der Waals surface area (Å²) in [4.78, 5) is 14.4. The van der Waals surface area contributed by atoms with Gasteiger partial charge in [-0.05, 0) is 37.3 Å². The standard InChI is InChI=1S/C16H19NO2/c1-10-15-13(16(18)19-10)6-7-14-12-5-3-2-4-11(12)8-9-17(14)15/h2-5,10,13-15H,6-9H2,1H3/t10-,13+,14+,15-/m1/s1. The third-order valence-electron chi connectivity index (χ3n) is 5.09. The fourth-order valence-electron chi connectivity index (χ4n) is 4.28. The Morgan fingerprint density at radius 3 is 3.00 bits per heavy atom. The van der Waals surface area contributed by atoms with Gasteiger partial charge < -0.3 is 4.74 Å². The van der Waals surface area contributed by atoms with E-state index in [2.05, 4.69) is 29.2 Å². The number of fused-ring (bicyclic) bond motifs is 5. The summed E-state index contributed by atoms with van der Waals surface area (Å²) in [5, 5.41) is 0. The van der Waals surface area contributed by atoms with Crippen molar-refractivity contribution in [1.82, 2.24) is 4.90 Å². The smallest absolute Gasteiger partial charge is 0.310 e. The van der Waals surface area contributed by atoms with Crippen molar-refractivity contribution in [3.05, 3.63) is 35.4 Å². The van der Waals surface area contributed by atoms with Crippen molar-refractivity contribution in [1.29, 1.82) is 0 Å². The number of benzene rings is 1. The van der Waals surface area contributed by atoms with E-state index < -0.39 is 0 Å². The number of piperidine rings is 1. The number of carbonyl (C=O) groups excluding carboxylic acids is 1. The van der Waals surface area contributed by atoms with Crippen LogP contribution in [-0.2, 0) is 16.0 Å². The van der Waals surface area contributed by atoms with E-state index in [-0.39, 0.29) is 18.0 Å². The first-order chi connectivity index (χ1) is 9.25. The summed E-state index contributed by atoms with van der Waals surface area (Å²) in [6.07, 6.45) is 3.20. The third kappa shape index (κ3) is 1.57. The fourth-order valence-corrected chi connectivity index (χ4v) is 4.28. The maximum Gasteiger partial charge on any atom is 0.310 e. The average molecular weight is 257 g/mol. The van der Waals surface area contributed by atoms with Crippen molar-refractivity contribution in [2.24, 2.45) is 5.92 Å². The summed E-state index contributed by atoms with van der Waals surface area (Å²) in [6.45, 7) is 3.11. The Morgan fingerprint density at radius 1 is 1.26 bits per heavy atom. The van der Waals surface area contributed by atoms with Crippen molar-refractivity contribution in [2.75, 3.05) is 6.54 Å². The lowest BCUT2D eigenvalue weighted by Crippen LogP contribution is -2.52. The molecule has 2 saturated heterocycles. The molecule has 0 bridgehead atoms. The number of carbonyl (C=O) groups is 1. The Balaban J connectivity index is 1.72. The molecule has 1 aromatic rings. The quantitative estimate of drug-likeness (QED) is 0.668. The normalized spacial score (nSPS) is 37.2. The van der Waals surface area contributed by atoms with Crippen LogP contribution in [0.3, 0.4) is 0 Å². The van der Waals surface area contributed by atoms with Crippen LogP contribution in [0.1, 0.15) is 36.9 Å². The second-order valence-electron chi connectivity index (χ2n) is 6.02. The van der Waals surface area contributed by atoms with Gasteiger partial charge in [0.25, 0.3) is 0 Å². The lowest BCUT2D eigenvalue weighted by molar-refractivity contribution is -0.144. The molecule has 3 nitrogen and oxygen atoms in total. The minimum Gasteiger partial charge on any atom is -0.461 e. The van der Waals surface area contributed by atoms with Crippen LogP contribution >= 0.6 is 0 Å². The summed E-state index contributed by atoms with van der Waals surface area (Å²) in [7, 11) is 0. The van der Waals surface area contributed by atoms with Crippen LogP contribution in [0.15, 0.2) is 24.3 Å². The van der Waals surface area contributed by atoms with Crippen LogP contribution in [0.4, 0.5) is 0 Å². The lowest BCUT2D eigenvalue weighted by atomic mass is 9.79. The number of rotatable bonds is 0. The van der Waals surface area contributed by atoms with Crippen molar-refractivity contribution >= 4 is 5.97 Å². The summed E-state index contributed by atoms with van der Waals surface area (Å²) in [6, 6.07) is 9.55. The maximum absolute atomic E-state index is 11.9. The summed E-state index contributed by atoms with van der Waals surface area (Å²) >= 11 is 0. The van der Waals surface area contributed by atoms with Gasteiger partial charge in [-0.25, -0.2) is 0 Å². The van der Waals surface area contributed by atoms with Crippen LogP contribution in [-0.4, -0.2) is 29.6 Å². The van der Waals surface area contributed by atoms with E-state index >= 15 is 0 Å². The highest BCUT2D eigenvalue weighted by Gasteiger charge is 2.51. The van der Waals surface area contributed by atoms with Crippen molar-refractivity contribution in [3.63, 3.8) is 0 Å². The van der Waals surface area contributed by atoms with Gasteiger partial charge in [0.2, 0.25) is 0 Å². The first kappa shape index (κ1) is 11.5. The molecule has 0 aromatic heterocycles. The van der Waals surface area contributed by atoms with Crippen molar-refractivity contribution in [2.45, 2.75) is 44.4 Å². The molecular weight excluding hydrogens is 238 g/mol. The SMILES string of the molecule is C[C@H]1OC(=O)[C@H]2CC[C@H]3c4ccccc4CCN3[C@@H]21. The number of ether oxygens (including phenoxy) is 1. The zero-order chi connectivity index (χ0) is 13.0. The highest BCUT2D eigenvalue weighted by atomic mass is 16.6. The Bertz CT molecular complexity index is 527. The topological polar surface area (TPSA) is 29.5 Å². The number of esters is 1. The predicted octanol–water partition coefficient (Wildman–Crippen LogP) is 2.31. The molecule has 4 rings (SSSR count). The third-order valence-corrected chi connectivity index (χ3v) is 5.09. The van der Waals surface area contributed by atoms with Crippen LogP contribution in [0.2, 0.25) is 0 Å². The Morgan fingerprint density at radius 2 is 2.11 bits per heavy atom. The van der Waals surface area contributed by atoms with E-state index in [0.29, 0.717) is 12.1 Å². The monoisotopic (exact) mass is 257 g/mol. The molecule has 0 saturated carbocycles. The maximum atomic E-state index is 11.9. The zero-order valence-electron chi connectivity index (χ0n) is 11.2. The molecule has 4 atom stereocenters. The number of hydrogen-bond acceptors (Lipinski definition) is 3. The first-order valence-corrected chi connectivity index (χ1v) is 7.30. The van der Waals surface area contributed by atoms with Gasteiger partial charge >= 0.3 is 5.97 Å². The van der Waals surface area contributed by atoms with Crippen molar-refractivity contribution < 1.29 is 9.53 Å². The molecule has 0 radical (unpaired) electrons. The molecule has 1 aromatic carbocycles. The molecule has 3 aliphatic rings. The van der Waals surface area contributed by atoms with E-state index in [1.807, 2.05) is 6.92 Å². The molecule has 100 valence electrons. The van der Waals surface area contributed by atoms with Crippen LogP contribution < -0.4 is 0 Å². The fraction of sp³-hybridized carbons (Fsp3) is 0.562. The zero-order valence-corrected chi connectivity index (χ0v) is 11.2. The van der Waals surface area contributed by atoms with Gasteiger partial charge in [0.15, 0.2) is 0 Å². The molecule has 3 heteroatoms. The van der Waals surface area contributed by atoms with E-state index in [1.54, 1.807) is 0 Å². The number of hydrogen-bond donors (Lipinski definition) is 0. The second-order valence-corrected chi connectivity index (χ2v) is 6.02. The number of cyclic esters (lactones) is 1. The molecule has 0 amide bonds. The first-order valence-electron chi connectivity index (χ1n) is 7.30. The highest BCUT2D eigenvalue weighted by molar-refractivity contribution is 5.76. The molecule has 0 unspecified atom stereocenters. The molecule has 3 heterocycles. The molecule has 3 aliphatic heterocycles. The van der Waals surface area contributed by atoms with Gasteiger partial charge in [-0.3, -0.25) is 9.69 Å². The molecule has 19 heavy (non-hydrogen) atoms. The van der Waals surface area contributed by atoms with E-state index in [4.69, 9.17) is 4.74 Å². The van der Waals surface area contributed by atoms with Gasteiger partial charge in [0.05, 0.1) is 12.0 Å². The minimum absolute atomic E-state index is 0.0230. The molecule has 0 spiro atoms. The Hall–Kier alpha value is -1.35. The average Bonchev–Trinajstić information content (AvgIpc) is 2.74. The van der Waals surface area contributed by atoms with Gasteiger partial charge in [-0.15, -0.1) is 0 Å². The molecule has 0 N–H and O–H groups in total. The van der Waals surface area contributed by atoms with Crippen LogP contribution in [0.5, 0.6) is 0 Å². The van der Waals surface area contributed by atoms with Crippen molar-refractivity contribution in [3.8, 4) is 0 Å². The minimum atomic E-state index is 0.0230. The van der Waals surface area contributed by atoms with Crippen LogP contribution in [0, 0.1) is 5.92 Å². The van der Waals surface area contributed by atoms with Gasteiger partial charge in [0, 0.05) is 12.6 Å². The largest absolute Gasteiger partial charge is 0.461 e. The van der Waals surface area contributed by atoms with E-state index in [9.17, 15) is 4.79 Å². The Kier molecular flexibility index (Phi) is 2.46. The van der Waals surface area contributed by atoms with Gasteiger partial charge in [-0.1, -0.05) is 24.3 Å². The van der Waals surface area contributed by atoms with Gasteiger partial charge in [-0.2, -0.15) is 0 Å². The second kappa shape index (κ2) is 4.07. The summed E-state index contributed by atoms with van der Waals surface area (Å²) in [5.41, 5.74) is 2.96. The number of nitrogens with zero attached hydrogens (tertiary/aromatic N) is 1. The molecule has 0 aliphatic carbocycles. The molecular formula is C16H19NO2. The van der Waals surface area contributed by atoms with E-state index in [0.717, 1.165) is 25.8 Å². The summed E-state index contributed by atoms with van der Waals surface area (Å²) in [5.74, 6) is 0.131. The highest BCUT2D eigenvalue weighted by Crippen LogP contribution is 2.45. The van der Waals surface area contributed by atoms with Gasteiger partial charge in [0.1, 0.15) is 6.10 Å².